The van der Waals surface area contributed by atoms with Gasteiger partial charge in [-0.05, 0) is 38.4 Å². The van der Waals surface area contributed by atoms with Gasteiger partial charge in [0.15, 0.2) is 4.77 Å². The van der Waals surface area contributed by atoms with Crippen LogP contribution in [0.4, 0.5) is 0 Å². The van der Waals surface area contributed by atoms with Crippen molar-refractivity contribution < 1.29 is 4.79 Å². The van der Waals surface area contributed by atoms with Gasteiger partial charge in [0.1, 0.15) is 5.82 Å². The number of H-pyrrole nitrogens is 1. The maximum Gasteiger partial charge on any atom is 0.222 e. The van der Waals surface area contributed by atoms with Crippen LogP contribution in [0.2, 0.25) is 0 Å². The molecule has 0 saturated carbocycles. The fraction of sp³-hybridized carbons (Fsp3) is 0.800. The Hall–Kier alpha value is -1.17. The van der Waals surface area contributed by atoms with E-state index < -0.39 is 0 Å². The minimum absolute atomic E-state index is 0.297. The summed E-state index contributed by atoms with van der Waals surface area (Å²) in [4.78, 5) is 14.3. The molecule has 1 aromatic heterocycles. The smallest absolute Gasteiger partial charge is 0.222 e. The first kappa shape index (κ1) is 16.2. The van der Waals surface area contributed by atoms with E-state index in [1.54, 1.807) is 0 Å². The molecule has 1 amide bonds. The highest BCUT2D eigenvalue weighted by Gasteiger charge is 2.27. The monoisotopic (exact) mass is 310 g/mol. The van der Waals surface area contributed by atoms with Crippen LogP contribution in [0.3, 0.4) is 0 Å². The summed E-state index contributed by atoms with van der Waals surface area (Å²) in [5.74, 6) is 1.61. The number of amides is 1. The number of nitrogens with one attached hydrogen (secondary N) is 1. The molecule has 1 fully saturated rings. The third-order valence-corrected chi connectivity index (χ3v) is 4.55. The molecule has 1 aromatic rings. The summed E-state index contributed by atoms with van der Waals surface area (Å²) in [5.41, 5.74) is 0. The van der Waals surface area contributed by atoms with Crippen molar-refractivity contribution in [3.63, 3.8) is 0 Å². The number of hydrogen-bond donors (Lipinski definition) is 1. The molecule has 0 unspecified atom stereocenters. The second-order valence-corrected chi connectivity index (χ2v) is 6.15. The topological polar surface area (TPSA) is 53.9 Å². The summed E-state index contributed by atoms with van der Waals surface area (Å²) in [7, 11) is 0. The van der Waals surface area contributed by atoms with Crippen LogP contribution in [0.25, 0.3) is 0 Å². The quantitative estimate of drug-likeness (QED) is 0.648. The second kappa shape index (κ2) is 7.73. The molecule has 1 saturated heterocycles. The number of carbonyl (C=O) groups excluding carboxylic acids is 1. The zero-order valence-corrected chi connectivity index (χ0v) is 13.9. The van der Waals surface area contributed by atoms with E-state index in [1.165, 1.54) is 0 Å². The first-order valence-corrected chi connectivity index (χ1v) is 8.51. The Morgan fingerprint density at radius 1 is 1.43 bits per heavy atom. The van der Waals surface area contributed by atoms with Crippen LogP contribution >= 0.6 is 12.2 Å². The van der Waals surface area contributed by atoms with Gasteiger partial charge in [0.2, 0.25) is 5.91 Å². The Morgan fingerprint density at radius 3 is 2.95 bits per heavy atom. The molecule has 0 aliphatic carbocycles. The molecule has 1 aliphatic rings. The lowest BCUT2D eigenvalue weighted by Crippen LogP contribution is -2.39. The van der Waals surface area contributed by atoms with Crippen molar-refractivity contribution >= 4 is 18.1 Å². The Bertz CT molecular complexity index is 522. The number of hydrogen-bond acceptors (Lipinski definition) is 3. The Balaban J connectivity index is 2.00. The molecule has 0 bridgehead atoms. The summed E-state index contributed by atoms with van der Waals surface area (Å²) >= 11 is 5.26. The van der Waals surface area contributed by atoms with Crippen molar-refractivity contribution in [1.82, 2.24) is 19.7 Å². The van der Waals surface area contributed by atoms with Crippen molar-refractivity contribution in [3.8, 4) is 0 Å². The number of carbonyl (C=O) groups is 1. The fourth-order valence-corrected chi connectivity index (χ4v) is 3.31. The molecule has 6 heteroatoms. The predicted octanol–water partition coefficient (Wildman–Crippen LogP) is 3.25. The van der Waals surface area contributed by atoms with Gasteiger partial charge in [-0.2, -0.15) is 5.10 Å². The lowest BCUT2D eigenvalue weighted by molar-refractivity contribution is -0.132. The highest BCUT2D eigenvalue weighted by Crippen LogP contribution is 2.26. The van der Waals surface area contributed by atoms with E-state index >= 15 is 0 Å². The summed E-state index contributed by atoms with van der Waals surface area (Å²) in [6.07, 6.45) is 6.11. The molecule has 0 radical (unpaired) electrons. The molecular formula is C15H26N4OS. The zero-order chi connectivity index (χ0) is 15.2. The number of aromatic amines is 1. The van der Waals surface area contributed by atoms with Gasteiger partial charge in [0, 0.05) is 32.0 Å². The van der Waals surface area contributed by atoms with Crippen molar-refractivity contribution in [3.05, 3.63) is 10.6 Å². The van der Waals surface area contributed by atoms with Gasteiger partial charge in [-0.3, -0.25) is 9.89 Å². The average molecular weight is 310 g/mol. The van der Waals surface area contributed by atoms with Crippen molar-refractivity contribution in [2.45, 2.75) is 64.8 Å². The van der Waals surface area contributed by atoms with E-state index in [1.807, 2.05) is 9.47 Å². The van der Waals surface area contributed by atoms with Crippen LogP contribution in [-0.4, -0.2) is 38.7 Å². The SMILES string of the molecule is CCCCCC(=O)N1CCC[C@H](c2n[nH]c(=S)n2CC)C1. The van der Waals surface area contributed by atoms with Gasteiger partial charge in [-0.25, -0.2) is 0 Å². The Morgan fingerprint density at radius 2 is 2.24 bits per heavy atom. The first-order valence-electron chi connectivity index (χ1n) is 8.10. The van der Waals surface area contributed by atoms with Gasteiger partial charge >= 0.3 is 0 Å². The summed E-state index contributed by atoms with van der Waals surface area (Å²) in [6.45, 7) is 6.73. The highest BCUT2D eigenvalue weighted by atomic mass is 32.1. The van der Waals surface area contributed by atoms with Crippen LogP contribution in [0.1, 0.15) is 64.1 Å². The maximum atomic E-state index is 12.3. The van der Waals surface area contributed by atoms with E-state index in [9.17, 15) is 4.79 Å². The largest absolute Gasteiger partial charge is 0.342 e. The first-order chi connectivity index (χ1) is 10.2. The maximum absolute atomic E-state index is 12.3. The molecule has 1 N–H and O–H groups in total. The molecule has 2 rings (SSSR count). The van der Waals surface area contributed by atoms with Gasteiger partial charge in [0.25, 0.3) is 0 Å². The average Bonchev–Trinajstić information content (AvgIpc) is 2.88. The minimum Gasteiger partial charge on any atom is -0.342 e. The Labute approximate surface area is 131 Å². The lowest BCUT2D eigenvalue weighted by atomic mass is 9.96. The third kappa shape index (κ3) is 3.93. The summed E-state index contributed by atoms with van der Waals surface area (Å²) < 4.78 is 2.73. The number of piperidine rings is 1. The highest BCUT2D eigenvalue weighted by molar-refractivity contribution is 7.71. The molecule has 2 heterocycles. The minimum atomic E-state index is 0.297. The van der Waals surface area contributed by atoms with Crippen LogP contribution < -0.4 is 0 Å². The Kier molecular flexibility index (Phi) is 5.96. The number of nitrogens with zero attached hydrogens (tertiary/aromatic N) is 3. The van der Waals surface area contributed by atoms with E-state index in [4.69, 9.17) is 12.2 Å². The molecular weight excluding hydrogens is 284 g/mol. The second-order valence-electron chi connectivity index (χ2n) is 5.77. The van der Waals surface area contributed by atoms with E-state index in [0.29, 0.717) is 23.0 Å². The van der Waals surface area contributed by atoms with Crippen LogP contribution in [0.15, 0.2) is 0 Å². The fourth-order valence-electron chi connectivity index (χ4n) is 3.05. The molecule has 1 atom stereocenters. The molecule has 1 aliphatic heterocycles. The van der Waals surface area contributed by atoms with E-state index in [0.717, 1.165) is 57.6 Å². The molecule has 21 heavy (non-hydrogen) atoms. The van der Waals surface area contributed by atoms with Crippen LogP contribution in [0.5, 0.6) is 0 Å². The number of rotatable bonds is 6. The standard InChI is InChI=1S/C15H26N4OS/c1-3-5-6-9-13(20)18-10-7-8-12(11-18)14-16-17-15(21)19(14)4-2/h12H,3-11H2,1-2H3,(H,17,21)/t12-/m0/s1. The summed E-state index contributed by atoms with van der Waals surface area (Å²) in [5, 5.41) is 7.27. The van der Waals surface area contributed by atoms with Gasteiger partial charge < -0.3 is 9.47 Å². The van der Waals surface area contributed by atoms with E-state index in [2.05, 4.69) is 24.0 Å². The molecule has 118 valence electrons. The molecule has 5 nitrogen and oxygen atoms in total. The van der Waals surface area contributed by atoms with Crippen molar-refractivity contribution in [2.24, 2.45) is 0 Å². The van der Waals surface area contributed by atoms with Gasteiger partial charge in [-0.15, -0.1) is 0 Å². The summed E-state index contributed by atoms with van der Waals surface area (Å²) in [6, 6.07) is 0. The van der Waals surface area contributed by atoms with Crippen LogP contribution in [0, 0.1) is 4.77 Å². The van der Waals surface area contributed by atoms with Crippen LogP contribution in [-0.2, 0) is 11.3 Å². The molecule has 0 spiro atoms. The number of likely N-dealkylation sites (tertiary alicyclic amines) is 1. The number of aromatic nitrogens is 3. The van der Waals surface area contributed by atoms with Gasteiger partial charge in [-0.1, -0.05) is 19.8 Å². The van der Waals surface area contributed by atoms with Gasteiger partial charge in [0.05, 0.1) is 0 Å². The van der Waals surface area contributed by atoms with Crippen molar-refractivity contribution in [2.75, 3.05) is 13.1 Å². The van der Waals surface area contributed by atoms with E-state index in [-0.39, 0.29) is 0 Å². The third-order valence-electron chi connectivity index (χ3n) is 4.24. The molecule has 0 aromatic carbocycles. The number of unbranched alkanes of at least 4 members (excludes halogenated alkanes) is 2. The normalized spacial score (nSPS) is 19.0. The lowest BCUT2D eigenvalue weighted by Gasteiger charge is -2.32. The predicted molar refractivity (Wildman–Crippen MR) is 85.8 cm³/mol. The zero-order valence-electron chi connectivity index (χ0n) is 13.1. The van der Waals surface area contributed by atoms with Crippen molar-refractivity contribution in [1.29, 1.82) is 0 Å².